The average Bonchev–Trinajstić information content (AvgIpc) is 3.16. The molecule has 0 aliphatic heterocycles. The molecule has 0 saturated heterocycles. The van der Waals surface area contributed by atoms with E-state index in [0.29, 0.717) is 24.2 Å². The average molecular weight is 429 g/mol. The van der Waals surface area contributed by atoms with Gasteiger partial charge in [0, 0.05) is 36.8 Å². The van der Waals surface area contributed by atoms with Gasteiger partial charge in [0.15, 0.2) is 0 Å². The fraction of sp³-hybridized carbons (Fsp3) is 0.364. The zero-order chi connectivity index (χ0) is 21.5. The predicted molar refractivity (Wildman–Crippen MR) is 114 cm³/mol. The number of nitrogens with zero attached hydrogens (tertiary/aromatic N) is 2. The molecule has 4 rings (SSSR count). The number of aryl methyl sites for hydroxylation is 2. The van der Waals surface area contributed by atoms with E-state index in [9.17, 15) is 18.0 Å². The molecular formula is C22H24N2O5S. The summed E-state index contributed by atoms with van der Waals surface area (Å²) >= 11 is 0. The van der Waals surface area contributed by atoms with Crippen molar-refractivity contribution in [2.24, 2.45) is 0 Å². The first-order valence-electron chi connectivity index (χ1n) is 10.1. The zero-order valence-corrected chi connectivity index (χ0v) is 17.9. The number of aromatic nitrogens is 1. The summed E-state index contributed by atoms with van der Waals surface area (Å²) in [5, 5.41) is 0.777. The van der Waals surface area contributed by atoms with Gasteiger partial charge in [0.2, 0.25) is 10.0 Å². The molecule has 30 heavy (non-hydrogen) atoms. The van der Waals surface area contributed by atoms with Crippen molar-refractivity contribution < 1.29 is 12.8 Å². The summed E-state index contributed by atoms with van der Waals surface area (Å²) in [5.41, 5.74) is 2.72. The maximum atomic E-state index is 12.9. The molecule has 8 heteroatoms. The van der Waals surface area contributed by atoms with Gasteiger partial charge in [0.25, 0.3) is 5.56 Å². The number of rotatable bonds is 6. The second-order valence-electron chi connectivity index (χ2n) is 7.48. The van der Waals surface area contributed by atoms with E-state index in [1.165, 1.54) is 44.4 Å². The number of hydrogen-bond donors (Lipinski definition) is 0. The summed E-state index contributed by atoms with van der Waals surface area (Å²) in [4.78, 5) is 24.6. The van der Waals surface area contributed by atoms with Gasteiger partial charge < -0.3 is 8.98 Å². The number of fused-ring (bicyclic) bond motifs is 2. The van der Waals surface area contributed by atoms with Crippen molar-refractivity contribution >= 4 is 21.0 Å². The molecule has 0 spiro atoms. The molecule has 7 nitrogen and oxygen atoms in total. The molecule has 0 bridgehead atoms. The lowest BCUT2D eigenvalue weighted by molar-refractivity contribution is 0.444. The van der Waals surface area contributed by atoms with Crippen LogP contribution in [0.2, 0.25) is 0 Å². The van der Waals surface area contributed by atoms with E-state index in [2.05, 4.69) is 0 Å². The van der Waals surface area contributed by atoms with Gasteiger partial charge in [-0.3, -0.25) is 4.79 Å². The zero-order valence-electron chi connectivity index (χ0n) is 17.1. The third kappa shape index (κ3) is 3.61. The van der Waals surface area contributed by atoms with Crippen LogP contribution in [0.5, 0.6) is 0 Å². The summed E-state index contributed by atoms with van der Waals surface area (Å²) in [6, 6.07) is 7.89. The number of sulfonamides is 1. The van der Waals surface area contributed by atoms with Crippen LogP contribution in [0.4, 0.5) is 0 Å². The highest BCUT2D eigenvalue weighted by molar-refractivity contribution is 7.89. The van der Waals surface area contributed by atoms with Crippen LogP contribution in [-0.4, -0.2) is 30.4 Å². The van der Waals surface area contributed by atoms with Gasteiger partial charge in [-0.05, 0) is 54.2 Å². The van der Waals surface area contributed by atoms with Gasteiger partial charge >= 0.3 is 5.63 Å². The molecule has 1 aromatic carbocycles. The first-order valence-corrected chi connectivity index (χ1v) is 11.6. The minimum Gasteiger partial charge on any atom is -0.423 e. The third-order valence-electron chi connectivity index (χ3n) is 5.68. The first kappa shape index (κ1) is 20.6. The Labute approximate surface area is 174 Å². The van der Waals surface area contributed by atoms with Crippen molar-refractivity contribution in [2.45, 2.75) is 44.6 Å². The van der Waals surface area contributed by atoms with Crippen molar-refractivity contribution in [1.29, 1.82) is 0 Å². The van der Waals surface area contributed by atoms with Crippen molar-refractivity contribution in [3.05, 3.63) is 74.0 Å². The van der Waals surface area contributed by atoms with Crippen LogP contribution in [0, 0.1) is 0 Å². The molecule has 1 aliphatic carbocycles. The van der Waals surface area contributed by atoms with Crippen LogP contribution in [-0.2, 0) is 29.4 Å². The fourth-order valence-electron chi connectivity index (χ4n) is 4.11. The highest BCUT2D eigenvalue weighted by Crippen LogP contribution is 2.28. The van der Waals surface area contributed by atoms with Gasteiger partial charge in [-0.15, -0.1) is 0 Å². The normalized spacial score (nSPS) is 13.8. The second-order valence-corrected chi connectivity index (χ2v) is 9.42. The topological polar surface area (TPSA) is 89.6 Å². The van der Waals surface area contributed by atoms with E-state index in [1.54, 1.807) is 13.8 Å². The highest BCUT2D eigenvalue weighted by Gasteiger charge is 2.22. The van der Waals surface area contributed by atoms with Gasteiger partial charge in [-0.25, -0.2) is 13.2 Å². The summed E-state index contributed by atoms with van der Waals surface area (Å²) in [5.74, 6) is 0. The molecule has 0 atom stereocenters. The van der Waals surface area contributed by atoms with E-state index in [0.717, 1.165) is 24.6 Å². The van der Waals surface area contributed by atoms with Gasteiger partial charge in [0.1, 0.15) is 5.58 Å². The Bertz CT molecular complexity index is 1330. The van der Waals surface area contributed by atoms with Crippen LogP contribution in [0.1, 0.15) is 37.0 Å². The lowest BCUT2D eigenvalue weighted by Crippen LogP contribution is -2.32. The molecule has 0 N–H and O–H groups in total. The van der Waals surface area contributed by atoms with Gasteiger partial charge in [-0.2, -0.15) is 4.31 Å². The Morgan fingerprint density at radius 3 is 2.43 bits per heavy atom. The number of benzene rings is 1. The Kier molecular flexibility index (Phi) is 5.38. The van der Waals surface area contributed by atoms with Crippen molar-refractivity contribution in [2.75, 3.05) is 13.1 Å². The van der Waals surface area contributed by atoms with Crippen LogP contribution in [0.3, 0.4) is 0 Å². The molecule has 2 heterocycles. The number of pyridine rings is 1. The van der Waals surface area contributed by atoms with Gasteiger partial charge in [0.05, 0.1) is 11.4 Å². The monoisotopic (exact) mass is 428 g/mol. The third-order valence-corrected chi connectivity index (χ3v) is 7.72. The molecule has 0 radical (unpaired) electrons. The Balaban J connectivity index is 1.81. The fourth-order valence-corrected chi connectivity index (χ4v) is 5.59. The molecule has 2 aromatic heterocycles. The smallest absolute Gasteiger partial charge is 0.336 e. The molecule has 1 aliphatic rings. The summed E-state index contributed by atoms with van der Waals surface area (Å²) in [6.45, 7) is 4.30. The summed E-state index contributed by atoms with van der Waals surface area (Å²) in [7, 11) is -3.70. The first-order chi connectivity index (χ1) is 14.3. The Hall–Kier alpha value is -2.71. The number of hydrogen-bond acceptors (Lipinski definition) is 5. The quantitative estimate of drug-likeness (QED) is 0.563. The van der Waals surface area contributed by atoms with E-state index >= 15 is 0 Å². The minimum absolute atomic E-state index is 0.0546. The summed E-state index contributed by atoms with van der Waals surface area (Å²) < 4.78 is 33.8. The maximum absolute atomic E-state index is 12.9. The Morgan fingerprint density at radius 1 is 1.03 bits per heavy atom. The van der Waals surface area contributed by atoms with E-state index in [1.807, 2.05) is 12.1 Å². The molecule has 0 fully saturated rings. The molecular weight excluding hydrogens is 404 g/mol. The molecule has 0 unspecified atom stereocenters. The lowest BCUT2D eigenvalue weighted by atomic mass is 10.0. The standard InChI is InChI=1S/C22H24N2O5S/c1-3-24(4-2)30(27,28)18-8-9-21(25)23(14-18)13-17-12-22(26)29-20-11-16-7-5-6-15(16)10-19(17)20/h8-12,14H,3-7,13H2,1-2H3. The van der Waals surface area contributed by atoms with E-state index < -0.39 is 15.6 Å². The lowest BCUT2D eigenvalue weighted by Gasteiger charge is -2.19. The van der Waals surface area contributed by atoms with Crippen molar-refractivity contribution in [3.63, 3.8) is 0 Å². The molecule has 3 aromatic rings. The van der Waals surface area contributed by atoms with E-state index in [-0.39, 0.29) is 17.0 Å². The van der Waals surface area contributed by atoms with Crippen LogP contribution in [0.25, 0.3) is 11.0 Å². The minimum atomic E-state index is -3.70. The molecule has 0 amide bonds. The van der Waals surface area contributed by atoms with Crippen molar-refractivity contribution in [1.82, 2.24) is 8.87 Å². The van der Waals surface area contributed by atoms with E-state index in [4.69, 9.17) is 4.42 Å². The van der Waals surface area contributed by atoms with Crippen molar-refractivity contribution in [3.8, 4) is 0 Å². The predicted octanol–water partition coefficient (Wildman–Crippen LogP) is 2.52. The van der Waals surface area contributed by atoms with Crippen LogP contribution >= 0.6 is 0 Å². The molecule has 158 valence electrons. The highest BCUT2D eigenvalue weighted by atomic mass is 32.2. The van der Waals surface area contributed by atoms with Crippen LogP contribution < -0.4 is 11.2 Å². The SMILES string of the molecule is CCN(CC)S(=O)(=O)c1ccc(=O)n(Cc2cc(=O)oc3cc4c(cc23)CCC4)c1. The molecule has 0 saturated carbocycles. The second kappa shape index (κ2) is 7.85. The van der Waals surface area contributed by atoms with Crippen LogP contribution in [0.15, 0.2) is 55.4 Å². The van der Waals surface area contributed by atoms with Gasteiger partial charge in [-0.1, -0.05) is 13.8 Å². The largest absolute Gasteiger partial charge is 0.423 e. The maximum Gasteiger partial charge on any atom is 0.336 e. The Morgan fingerprint density at radius 2 is 1.73 bits per heavy atom. The summed E-state index contributed by atoms with van der Waals surface area (Å²) in [6.07, 6.45) is 4.35.